The van der Waals surface area contributed by atoms with E-state index in [0.717, 1.165) is 18.8 Å². The number of hydrogen-bond donors (Lipinski definition) is 0. The Kier molecular flexibility index (Phi) is 14.5. The standard InChI is InChI=1S/C18H36O2/c1-4-5-6-10-13-16-20-18(19)15-12-9-7-8-11-14-17(2)3/h17H,4-16H2,1-3H3. The molecule has 0 bridgehead atoms. The largest absolute Gasteiger partial charge is 0.466 e. The Labute approximate surface area is 126 Å². The van der Waals surface area contributed by atoms with Gasteiger partial charge in [-0.25, -0.2) is 0 Å². The van der Waals surface area contributed by atoms with Gasteiger partial charge in [-0.05, 0) is 18.8 Å². The van der Waals surface area contributed by atoms with Gasteiger partial charge in [-0.3, -0.25) is 4.79 Å². The molecule has 0 aliphatic carbocycles. The molecule has 0 fully saturated rings. The maximum Gasteiger partial charge on any atom is 0.305 e. The fraction of sp³-hybridized carbons (Fsp3) is 0.944. The highest BCUT2D eigenvalue weighted by Gasteiger charge is 2.02. The average Bonchev–Trinajstić information content (AvgIpc) is 2.41. The summed E-state index contributed by atoms with van der Waals surface area (Å²) in [5, 5.41) is 0. The minimum Gasteiger partial charge on any atom is -0.466 e. The van der Waals surface area contributed by atoms with E-state index < -0.39 is 0 Å². The van der Waals surface area contributed by atoms with E-state index in [0.29, 0.717) is 13.0 Å². The van der Waals surface area contributed by atoms with E-state index in [1.165, 1.54) is 57.8 Å². The Morgan fingerprint density at radius 3 is 2.15 bits per heavy atom. The van der Waals surface area contributed by atoms with Crippen molar-refractivity contribution in [3.63, 3.8) is 0 Å². The summed E-state index contributed by atoms with van der Waals surface area (Å²) in [5.41, 5.74) is 0. The van der Waals surface area contributed by atoms with E-state index in [4.69, 9.17) is 4.74 Å². The molecule has 0 saturated carbocycles. The van der Waals surface area contributed by atoms with E-state index >= 15 is 0 Å². The van der Waals surface area contributed by atoms with Crippen LogP contribution in [-0.4, -0.2) is 12.6 Å². The van der Waals surface area contributed by atoms with E-state index in [-0.39, 0.29) is 5.97 Å². The van der Waals surface area contributed by atoms with Crippen molar-refractivity contribution in [2.45, 2.75) is 97.8 Å². The van der Waals surface area contributed by atoms with Crippen molar-refractivity contribution in [2.75, 3.05) is 6.61 Å². The summed E-state index contributed by atoms with van der Waals surface area (Å²) in [5.74, 6) is 0.824. The van der Waals surface area contributed by atoms with E-state index in [1.54, 1.807) is 0 Å². The van der Waals surface area contributed by atoms with Crippen molar-refractivity contribution in [2.24, 2.45) is 5.92 Å². The summed E-state index contributed by atoms with van der Waals surface area (Å²) in [4.78, 5) is 11.5. The molecule has 0 spiro atoms. The molecule has 120 valence electrons. The number of carbonyl (C=O) groups excluding carboxylic acids is 1. The molecule has 2 heteroatoms. The number of esters is 1. The zero-order valence-electron chi connectivity index (χ0n) is 14.1. The maximum atomic E-state index is 11.5. The lowest BCUT2D eigenvalue weighted by molar-refractivity contribution is -0.143. The molecule has 0 aliphatic heterocycles. The highest BCUT2D eigenvalue weighted by atomic mass is 16.5. The molecular formula is C18H36O2. The molecule has 0 saturated heterocycles. The van der Waals surface area contributed by atoms with Gasteiger partial charge in [0.1, 0.15) is 0 Å². The van der Waals surface area contributed by atoms with Crippen LogP contribution >= 0.6 is 0 Å². The Bertz CT molecular complexity index is 211. The van der Waals surface area contributed by atoms with Crippen LogP contribution in [0.2, 0.25) is 0 Å². The molecule has 0 atom stereocenters. The minimum absolute atomic E-state index is 0.00247. The second kappa shape index (κ2) is 14.9. The van der Waals surface area contributed by atoms with Crippen molar-refractivity contribution >= 4 is 5.97 Å². The van der Waals surface area contributed by atoms with Crippen molar-refractivity contribution in [1.82, 2.24) is 0 Å². The number of rotatable bonds is 14. The van der Waals surface area contributed by atoms with Gasteiger partial charge in [0, 0.05) is 6.42 Å². The molecule has 0 unspecified atom stereocenters. The summed E-state index contributed by atoms with van der Waals surface area (Å²) in [6.07, 6.45) is 14.1. The Balaban J connectivity index is 3.16. The highest BCUT2D eigenvalue weighted by molar-refractivity contribution is 5.69. The molecular weight excluding hydrogens is 248 g/mol. The lowest BCUT2D eigenvalue weighted by atomic mass is 10.0. The van der Waals surface area contributed by atoms with Crippen LogP contribution < -0.4 is 0 Å². The minimum atomic E-state index is 0.00247. The lowest BCUT2D eigenvalue weighted by Crippen LogP contribution is -2.05. The first kappa shape index (κ1) is 19.5. The van der Waals surface area contributed by atoms with Crippen LogP contribution in [-0.2, 0) is 9.53 Å². The highest BCUT2D eigenvalue weighted by Crippen LogP contribution is 2.11. The Morgan fingerprint density at radius 2 is 1.45 bits per heavy atom. The third kappa shape index (κ3) is 15.5. The van der Waals surface area contributed by atoms with Gasteiger partial charge in [-0.15, -0.1) is 0 Å². The fourth-order valence-corrected chi connectivity index (χ4v) is 2.32. The summed E-state index contributed by atoms with van der Waals surface area (Å²) < 4.78 is 5.24. The number of hydrogen-bond acceptors (Lipinski definition) is 2. The van der Waals surface area contributed by atoms with Gasteiger partial charge in [0.15, 0.2) is 0 Å². The predicted molar refractivity (Wildman–Crippen MR) is 86.9 cm³/mol. The molecule has 0 rings (SSSR count). The van der Waals surface area contributed by atoms with Crippen LogP contribution in [0.4, 0.5) is 0 Å². The Hall–Kier alpha value is -0.530. The summed E-state index contributed by atoms with van der Waals surface area (Å²) in [6.45, 7) is 7.39. The first-order chi connectivity index (χ1) is 9.66. The van der Waals surface area contributed by atoms with Crippen molar-refractivity contribution < 1.29 is 9.53 Å². The molecule has 0 radical (unpaired) electrons. The van der Waals surface area contributed by atoms with Crippen LogP contribution in [0, 0.1) is 5.92 Å². The smallest absolute Gasteiger partial charge is 0.305 e. The molecule has 0 N–H and O–H groups in total. The van der Waals surface area contributed by atoms with Crippen LogP contribution in [0.15, 0.2) is 0 Å². The fourth-order valence-electron chi connectivity index (χ4n) is 2.32. The van der Waals surface area contributed by atoms with Gasteiger partial charge in [-0.2, -0.15) is 0 Å². The predicted octanol–water partition coefficient (Wildman–Crippen LogP) is 5.89. The van der Waals surface area contributed by atoms with E-state index in [1.807, 2.05) is 0 Å². The quantitative estimate of drug-likeness (QED) is 0.294. The van der Waals surface area contributed by atoms with Crippen molar-refractivity contribution in [1.29, 1.82) is 0 Å². The third-order valence-corrected chi connectivity index (χ3v) is 3.67. The maximum absolute atomic E-state index is 11.5. The molecule has 2 nitrogen and oxygen atoms in total. The first-order valence-corrected chi connectivity index (χ1v) is 8.82. The van der Waals surface area contributed by atoms with Crippen LogP contribution in [0.5, 0.6) is 0 Å². The SMILES string of the molecule is CCCCCCCOC(=O)CCCCCCCC(C)C. The molecule has 0 aromatic carbocycles. The number of ether oxygens (including phenoxy) is 1. The van der Waals surface area contributed by atoms with Crippen molar-refractivity contribution in [3.05, 3.63) is 0 Å². The van der Waals surface area contributed by atoms with Crippen LogP contribution in [0.25, 0.3) is 0 Å². The normalized spacial score (nSPS) is 11.0. The van der Waals surface area contributed by atoms with Gasteiger partial charge in [0.2, 0.25) is 0 Å². The molecule has 0 aromatic heterocycles. The third-order valence-electron chi connectivity index (χ3n) is 3.67. The number of unbranched alkanes of at least 4 members (excludes halogenated alkanes) is 8. The summed E-state index contributed by atoms with van der Waals surface area (Å²) in [7, 11) is 0. The van der Waals surface area contributed by atoms with Crippen molar-refractivity contribution in [3.8, 4) is 0 Å². The average molecular weight is 284 g/mol. The van der Waals surface area contributed by atoms with Gasteiger partial charge in [-0.1, -0.05) is 78.6 Å². The second-order valence-electron chi connectivity index (χ2n) is 6.33. The second-order valence-corrected chi connectivity index (χ2v) is 6.33. The molecule has 0 aliphatic rings. The molecule has 0 heterocycles. The first-order valence-electron chi connectivity index (χ1n) is 8.82. The van der Waals surface area contributed by atoms with E-state index in [2.05, 4.69) is 20.8 Å². The molecule has 20 heavy (non-hydrogen) atoms. The molecule has 0 aromatic rings. The number of carbonyl (C=O) groups is 1. The zero-order valence-corrected chi connectivity index (χ0v) is 14.1. The monoisotopic (exact) mass is 284 g/mol. The summed E-state index contributed by atoms with van der Waals surface area (Å²) >= 11 is 0. The topological polar surface area (TPSA) is 26.3 Å². The zero-order chi connectivity index (χ0) is 15.1. The summed E-state index contributed by atoms with van der Waals surface area (Å²) in [6, 6.07) is 0. The van der Waals surface area contributed by atoms with E-state index in [9.17, 15) is 4.79 Å². The van der Waals surface area contributed by atoms with Gasteiger partial charge >= 0.3 is 5.97 Å². The lowest BCUT2D eigenvalue weighted by Gasteiger charge is -2.05. The van der Waals surface area contributed by atoms with Gasteiger partial charge in [0.05, 0.1) is 6.61 Å². The van der Waals surface area contributed by atoms with Crippen LogP contribution in [0.3, 0.4) is 0 Å². The van der Waals surface area contributed by atoms with Gasteiger partial charge < -0.3 is 4.74 Å². The molecule has 0 amide bonds. The van der Waals surface area contributed by atoms with Crippen LogP contribution in [0.1, 0.15) is 97.8 Å². The van der Waals surface area contributed by atoms with Gasteiger partial charge in [0.25, 0.3) is 0 Å². The Morgan fingerprint density at radius 1 is 0.850 bits per heavy atom.